The number of pyridine rings is 1. The first kappa shape index (κ1) is 18.4. The van der Waals surface area contributed by atoms with Gasteiger partial charge in [-0.3, -0.25) is 0 Å². The smallest absolute Gasteiger partial charge is 0.407 e. The summed E-state index contributed by atoms with van der Waals surface area (Å²) in [7, 11) is 0. The third-order valence-electron chi connectivity index (χ3n) is 4.45. The van der Waals surface area contributed by atoms with Crippen molar-refractivity contribution in [3.8, 4) is 11.6 Å². The highest BCUT2D eigenvalue weighted by Crippen LogP contribution is 2.30. The molecule has 1 aromatic carbocycles. The maximum atomic E-state index is 11.1. The minimum Gasteiger partial charge on any atom is -0.465 e. The van der Waals surface area contributed by atoms with Crippen LogP contribution in [-0.2, 0) is 0 Å². The Morgan fingerprint density at radius 3 is 2.55 bits per heavy atom. The molecule has 0 fully saturated rings. The van der Waals surface area contributed by atoms with Gasteiger partial charge < -0.3 is 20.1 Å². The van der Waals surface area contributed by atoms with Crippen molar-refractivity contribution < 1.29 is 14.6 Å². The van der Waals surface area contributed by atoms with Crippen LogP contribution in [0.25, 0.3) is 5.57 Å². The average Bonchev–Trinajstić information content (AvgIpc) is 2.76. The summed E-state index contributed by atoms with van der Waals surface area (Å²) >= 11 is 0. The number of carbonyl (C=O) groups is 1. The molecular weight excluding hydrogens is 370 g/mol. The SMILES string of the molecule is O=C(O)N1CC=C(c2nccnc2Oc2ccc(Nc3ccccn3)cc2)CC1. The summed E-state index contributed by atoms with van der Waals surface area (Å²) in [5, 5.41) is 12.3. The summed E-state index contributed by atoms with van der Waals surface area (Å²) in [6.07, 6.45) is 6.40. The van der Waals surface area contributed by atoms with Crippen LogP contribution in [0.5, 0.6) is 11.6 Å². The zero-order valence-electron chi connectivity index (χ0n) is 15.5. The Morgan fingerprint density at radius 2 is 1.86 bits per heavy atom. The molecule has 8 nitrogen and oxygen atoms in total. The summed E-state index contributed by atoms with van der Waals surface area (Å²) in [6, 6.07) is 13.1. The van der Waals surface area contributed by atoms with Gasteiger partial charge in [-0.1, -0.05) is 12.1 Å². The van der Waals surface area contributed by atoms with E-state index < -0.39 is 6.09 Å². The van der Waals surface area contributed by atoms with Crippen molar-refractivity contribution >= 4 is 23.2 Å². The molecule has 3 heterocycles. The lowest BCUT2D eigenvalue weighted by Crippen LogP contribution is -2.33. The van der Waals surface area contributed by atoms with Crippen molar-refractivity contribution in [2.24, 2.45) is 0 Å². The van der Waals surface area contributed by atoms with E-state index in [1.165, 1.54) is 4.90 Å². The number of nitrogens with one attached hydrogen (secondary N) is 1. The first-order valence-electron chi connectivity index (χ1n) is 9.13. The Morgan fingerprint density at radius 1 is 1.03 bits per heavy atom. The summed E-state index contributed by atoms with van der Waals surface area (Å²) in [6.45, 7) is 0.750. The molecule has 0 bridgehead atoms. The molecule has 29 heavy (non-hydrogen) atoms. The van der Waals surface area contributed by atoms with E-state index in [0.717, 1.165) is 17.1 Å². The lowest BCUT2D eigenvalue weighted by atomic mass is 10.1. The van der Waals surface area contributed by atoms with Crippen molar-refractivity contribution in [1.29, 1.82) is 0 Å². The molecule has 0 atom stereocenters. The third-order valence-corrected chi connectivity index (χ3v) is 4.45. The summed E-state index contributed by atoms with van der Waals surface area (Å²) in [5.74, 6) is 1.78. The summed E-state index contributed by atoms with van der Waals surface area (Å²) in [4.78, 5) is 25.4. The summed E-state index contributed by atoms with van der Waals surface area (Å²) in [5.41, 5.74) is 2.45. The van der Waals surface area contributed by atoms with Crippen molar-refractivity contribution in [2.45, 2.75) is 6.42 Å². The molecule has 8 heteroatoms. The second-order valence-electron chi connectivity index (χ2n) is 6.38. The molecule has 3 aromatic rings. The van der Waals surface area contributed by atoms with E-state index in [9.17, 15) is 4.79 Å². The van der Waals surface area contributed by atoms with Crippen LogP contribution >= 0.6 is 0 Å². The van der Waals surface area contributed by atoms with Gasteiger partial charge in [-0.25, -0.2) is 19.7 Å². The molecule has 1 amide bonds. The Kier molecular flexibility index (Phi) is 5.33. The van der Waals surface area contributed by atoms with Crippen LogP contribution in [-0.4, -0.2) is 44.1 Å². The van der Waals surface area contributed by atoms with E-state index in [1.54, 1.807) is 18.6 Å². The van der Waals surface area contributed by atoms with Gasteiger partial charge in [0.15, 0.2) is 0 Å². The number of hydrogen-bond donors (Lipinski definition) is 2. The topological polar surface area (TPSA) is 100 Å². The van der Waals surface area contributed by atoms with Crippen LogP contribution in [0.3, 0.4) is 0 Å². The van der Waals surface area contributed by atoms with Gasteiger partial charge in [-0.15, -0.1) is 0 Å². The molecule has 0 spiro atoms. The number of hydrogen-bond acceptors (Lipinski definition) is 6. The zero-order valence-corrected chi connectivity index (χ0v) is 15.5. The Labute approximate surface area is 167 Å². The van der Waals surface area contributed by atoms with Crippen LogP contribution in [0.15, 0.2) is 67.1 Å². The van der Waals surface area contributed by atoms with Crippen molar-refractivity contribution in [3.63, 3.8) is 0 Å². The number of rotatable bonds is 5. The molecule has 146 valence electrons. The monoisotopic (exact) mass is 389 g/mol. The highest BCUT2D eigenvalue weighted by molar-refractivity contribution is 5.71. The number of aromatic nitrogens is 3. The molecule has 1 aliphatic heterocycles. The Balaban J connectivity index is 1.48. The minimum atomic E-state index is -0.921. The Hall–Kier alpha value is -3.94. The van der Waals surface area contributed by atoms with Gasteiger partial charge in [-0.05, 0) is 48.4 Å². The Bertz CT molecular complexity index is 1020. The fourth-order valence-corrected chi connectivity index (χ4v) is 2.98. The molecule has 0 unspecified atom stereocenters. The van der Waals surface area contributed by atoms with Crippen molar-refractivity contribution in [2.75, 3.05) is 18.4 Å². The van der Waals surface area contributed by atoms with Gasteiger partial charge in [-0.2, -0.15) is 0 Å². The molecule has 0 saturated carbocycles. The van der Waals surface area contributed by atoms with Crippen LogP contribution in [0.2, 0.25) is 0 Å². The molecular formula is C21H19N5O3. The largest absolute Gasteiger partial charge is 0.465 e. The standard InChI is InChI=1S/C21H19N5O3/c27-21(28)26-13-8-15(9-14-26)19-20(24-12-11-23-19)29-17-6-4-16(5-7-17)25-18-3-1-2-10-22-18/h1-8,10-12H,9,13-14H2,(H,22,25)(H,27,28). The van der Waals surface area contributed by atoms with Gasteiger partial charge in [0.1, 0.15) is 17.3 Å². The van der Waals surface area contributed by atoms with E-state index in [4.69, 9.17) is 9.84 Å². The highest BCUT2D eigenvalue weighted by Gasteiger charge is 2.20. The molecule has 0 saturated heterocycles. The van der Waals surface area contributed by atoms with Crippen molar-refractivity contribution in [1.82, 2.24) is 19.9 Å². The quantitative estimate of drug-likeness (QED) is 0.675. The average molecular weight is 389 g/mol. The van der Waals surface area contributed by atoms with Gasteiger partial charge in [0.2, 0.25) is 5.88 Å². The number of nitrogens with zero attached hydrogens (tertiary/aromatic N) is 4. The highest BCUT2D eigenvalue weighted by atomic mass is 16.5. The third kappa shape index (κ3) is 4.49. The van der Waals surface area contributed by atoms with Crippen LogP contribution in [0.1, 0.15) is 12.1 Å². The number of amides is 1. The van der Waals surface area contributed by atoms with Crippen LogP contribution in [0, 0.1) is 0 Å². The lowest BCUT2D eigenvalue weighted by molar-refractivity contribution is 0.150. The van der Waals surface area contributed by atoms with Crippen molar-refractivity contribution in [3.05, 3.63) is 72.8 Å². The second-order valence-corrected chi connectivity index (χ2v) is 6.38. The maximum absolute atomic E-state index is 11.1. The predicted octanol–water partition coefficient (Wildman–Crippen LogP) is 4.17. The molecule has 1 aliphatic rings. The predicted molar refractivity (Wildman–Crippen MR) is 108 cm³/mol. The van der Waals surface area contributed by atoms with Crippen LogP contribution in [0.4, 0.5) is 16.3 Å². The number of anilines is 2. The number of benzene rings is 1. The minimum absolute atomic E-state index is 0.328. The molecule has 2 aromatic heterocycles. The van der Waals surface area contributed by atoms with E-state index in [0.29, 0.717) is 36.8 Å². The van der Waals surface area contributed by atoms with Gasteiger partial charge in [0.05, 0.1) is 0 Å². The van der Waals surface area contributed by atoms with Gasteiger partial charge in [0.25, 0.3) is 0 Å². The summed E-state index contributed by atoms with van der Waals surface area (Å²) < 4.78 is 5.95. The molecule has 0 aliphatic carbocycles. The van der Waals surface area contributed by atoms with Crippen LogP contribution < -0.4 is 10.1 Å². The van der Waals surface area contributed by atoms with E-state index in [1.807, 2.05) is 48.5 Å². The maximum Gasteiger partial charge on any atom is 0.407 e. The molecule has 0 radical (unpaired) electrons. The van der Waals surface area contributed by atoms with E-state index in [2.05, 4.69) is 20.3 Å². The zero-order chi connectivity index (χ0) is 20.1. The normalized spacial score (nSPS) is 13.5. The van der Waals surface area contributed by atoms with Gasteiger partial charge in [0, 0.05) is 37.4 Å². The van der Waals surface area contributed by atoms with E-state index >= 15 is 0 Å². The lowest BCUT2D eigenvalue weighted by Gasteiger charge is -2.23. The molecule has 4 rings (SSSR count). The van der Waals surface area contributed by atoms with E-state index in [-0.39, 0.29) is 0 Å². The first-order chi connectivity index (χ1) is 14.2. The number of carboxylic acid groups (broad SMARTS) is 1. The fraction of sp³-hybridized carbons (Fsp3) is 0.143. The fourth-order valence-electron chi connectivity index (χ4n) is 2.98. The van der Waals surface area contributed by atoms with Gasteiger partial charge >= 0.3 is 6.09 Å². The molecule has 2 N–H and O–H groups in total. The first-order valence-corrected chi connectivity index (χ1v) is 9.13. The second kappa shape index (κ2) is 8.39. The number of ether oxygens (including phenoxy) is 1.